The van der Waals surface area contributed by atoms with Gasteiger partial charge in [-0.05, 0) is 56.3 Å². The number of benzene rings is 2. The number of esters is 1. The predicted octanol–water partition coefficient (Wildman–Crippen LogP) is 5.25. The zero-order valence-corrected chi connectivity index (χ0v) is 17.8. The molecule has 8 nitrogen and oxygen atoms in total. The molecule has 1 aromatic heterocycles. The van der Waals surface area contributed by atoms with Gasteiger partial charge in [-0.1, -0.05) is 0 Å². The van der Waals surface area contributed by atoms with E-state index in [0.29, 0.717) is 17.2 Å². The summed E-state index contributed by atoms with van der Waals surface area (Å²) in [6, 6.07) is 10.8. The molecule has 0 aliphatic heterocycles. The van der Waals surface area contributed by atoms with Crippen molar-refractivity contribution >= 4 is 23.6 Å². The Labute approximate surface area is 186 Å². The first-order chi connectivity index (χ1) is 15.5. The second-order valence-corrected chi connectivity index (χ2v) is 7.06. The first kappa shape index (κ1) is 23.5. The Morgan fingerprint density at radius 3 is 2.39 bits per heavy atom. The summed E-state index contributed by atoms with van der Waals surface area (Å²) in [5.41, 5.74) is 3.97. The maximum Gasteiger partial charge on any atom is 0.416 e. The highest BCUT2D eigenvalue weighted by Crippen LogP contribution is 2.35. The molecular formula is C22H19F3N4O4. The van der Waals surface area contributed by atoms with E-state index in [9.17, 15) is 28.1 Å². The summed E-state index contributed by atoms with van der Waals surface area (Å²) in [4.78, 5) is 21.9. The second-order valence-electron chi connectivity index (χ2n) is 7.06. The summed E-state index contributed by atoms with van der Waals surface area (Å²) in [6.07, 6.45) is -3.28. The van der Waals surface area contributed by atoms with E-state index in [1.54, 1.807) is 24.3 Å². The number of nitrogens with one attached hydrogen (secondary N) is 1. The lowest BCUT2D eigenvalue weighted by atomic mass is 10.1. The predicted molar refractivity (Wildman–Crippen MR) is 116 cm³/mol. The zero-order chi connectivity index (χ0) is 24.3. The highest BCUT2D eigenvalue weighted by molar-refractivity contribution is 5.89. The third-order valence-corrected chi connectivity index (χ3v) is 4.93. The van der Waals surface area contributed by atoms with Crippen molar-refractivity contribution in [1.82, 2.24) is 4.57 Å². The van der Waals surface area contributed by atoms with Gasteiger partial charge in [0.15, 0.2) is 0 Å². The molecule has 0 bridgehead atoms. The van der Waals surface area contributed by atoms with Gasteiger partial charge in [-0.2, -0.15) is 18.3 Å². The van der Waals surface area contributed by atoms with Gasteiger partial charge in [-0.25, -0.2) is 4.79 Å². The second kappa shape index (κ2) is 9.15. The smallest absolute Gasteiger partial charge is 0.416 e. The lowest BCUT2D eigenvalue weighted by Gasteiger charge is -2.10. The van der Waals surface area contributed by atoms with Gasteiger partial charge in [0.2, 0.25) is 0 Å². The minimum atomic E-state index is -4.70. The Bertz CT molecular complexity index is 1230. The number of anilines is 1. The SMILES string of the molecule is COC(=O)c1ccc(-n2c(C)cc(/C=N\Nc3ccc(C(F)(F)F)cc3[N+](=O)[O-])c2C)cc1. The monoisotopic (exact) mass is 460 g/mol. The van der Waals surface area contributed by atoms with Crippen LogP contribution in [-0.4, -0.2) is 28.8 Å². The van der Waals surface area contributed by atoms with Crippen LogP contribution in [0.5, 0.6) is 0 Å². The van der Waals surface area contributed by atoms with Crippen LogP contribution in [0.4, 0.5) is 24.5 Å². The van der Waals surface area contributed by atoms with Crippen molar-refractivity contribution in [2.24, 2.45) is 5.10 Å². The van der Waals surface area contributed by atoms with Gasteiger partial charge in [0.25, 0.3) is 5.69 Å². The normalized spacial score (nSPS) is 11.6. The molecular weight excluding hydrogens is 441 g/mol. The van der Waals surface area contributed by atoms with Crippen LogP contribution >= 0.6 is 0 Å². The molecule has 0 atom stereocenters. The average Bonchev–Trinajstić information content (AvgIpc) is 3.05. The van der Waals surface area contributed by atoms with Gasteiger partial charge in [-0.3, -0.25) is 15.5 Å². The molecule has 0 amide bonds. The Kier molecular flexibility index (Phi) is 6.52. The number of ether oxygens (including phenoxy) is 1. The van der Waals surface area contributed by atoms with E-state index in [-0.39, 0.29) is 5.69 Å². The summed E-state index contributed by atoms with van der Waals surface area (Å²) < 4.78 is 45.1. The van der Waals surface area contributed by atoms with Gasteiger partial charge < -0.3 is 9.30 Å². The average molecular weight is 460 g/mol. The summed E-state index contributed by atoms with van der Waals surface area (Å²) in [7, 11) is 1.30. The molecule has 3 rings (SSSR count). The maximum absolute atomic E-state index is 12.8. The molecule has 3 aromatic rings. The fourth-order valence-electron chi connectivity index (χ4n) is 3.31. The van der Waals surface area contributed by atoms with Crippen LogP contribution in [0.1, 0.15) is 32.9 Å². The van der Waals surface area contributed by atoms with Gasteiger partial charge >= 0.3 is 12.1 Å². The largest absolute Gasteiger partial charge is 0.465 e. The van der Waals surface area contributed by atoms with Gasteiger partial charge in [0.05, 0.1) is 29.4 Å². The summed E-state index contributed by atoms with van der Waals surface area (Å²) >= 11 is 0. The standard InChI is InChI=1S/C22H19F3N4O4/c1-13-10-16(14(2)28(13)18-7-4-15(5-8-18)21(30)33-3)12-26-27-19-9-6-17(22(23,24)25)11-20(19)29(31)32/h4-12,27H,1-3H3/b26-12-. The summed E-state index contributed by atoms with van der Waals surface area (Å²) in [6.45, 7) is 3.70. The zero-order valence-electron chi connectivity index (χ0n) is 17.8. The number of carbonyl (C=O) groups is 1. The molecule has 0 fully saturated rings. The fraction of sp³-hybridized carbons (Fsp3) is 0.182. The molecule has 1 N–H and O–H groups in total. The number of aromatic nitrogens is 1. The van der Waals surface area contributed by atoms with E-state index in [4.69, 9.17) is 4.74 Å². The number of hydrogen-bond acceptors (Lipinski definition) is 6. The molecule has 11 heteroatoms. The van der Waals surface area contributed by atoms with Crippen molar-refractivity contribution in [3.63, 3.8) is 0 Å². The number of alkyl halides is 3. The van der Waals surface area contributed by atoms with E-state index < -0.39 is 28.3 Å². The van der Waals surface area contributed by atoms with E-state index in [1.807, 2.05) is 24.5 Å². The molecule has 0 aliphatic carbocycles. The van der Waals surface area contributed by atoms with Crippen molar-refractivity contribution in [2.45, 2.75) is 20.0 Å². The lowest BCUT2D eigenvalue weighted by molar-refractivity contribution is -0.384. The minimum absolute atomic E-state index is 0.170. The third-order valence-electron chi connectivity index (χ3n) is 4.93. The molecule has 0 unspecified atom stereocenters. The Morgan fingerprint density at radius 1 is 1.15 bits per heavy atom. The van der Waals surface area contributed by atoms with Crippen molar-refractivity contribution in [1.29, 1.82) is 0 Å². The number of hydrogen-bond donors (Lipinski definition) is 1. The summed E-state index contributed by atoms with van der Waals surface area (Å²) in [5, 5.41) is 15.2. The van der Waals surface area contributed by atoms with Crippen LogP contribution in [0.2, 0.25) is 0 Å². The number of methoxy groups -OCH3 is 1. The number of nitro benzene ring substituents is 1. The van der Waals surface area contributed by atoms with Gasteiger partial charge in [0.1, 0.15) is 5.69 Å². The van der Waals surface area contributed by atoms with Crippen LogP contribution in [0.15, 0.2) is 53.6 Å². The first-order valence-corrected chi connectivity index (χ1v) is 9.55. The van der Waals surface area contributed by atoms with E-state index in [1.165, 1.54) is 13.3 Å². The van der Waals surface area contributed by atoms with Crippen LogP contribution in [0.3, 0.4) is 0 Å². The molecule has 1 heterocycles. The van der Waals surface area contributed by atoms with Crippen molar-refractivity contribution in [2.75, 3.05) is 12.5 Å². The van der Waals surface area contributed by atoms with Gasteiger partial charge in [-0.15, -0.1) is 0 Å². The summed E-state index contributed by atoms with van der Waals surface area (Å²) in [5.74, 6) is -0.446. The van der Waals surface area contributed by atoms with Crippen LogP contribution < -0.4 is 5.43 Å². The molecule has 0 saturated carbocycles. The number of aryl methyl sites for hydroxylation is 1. The number of nitrogens with zero attached hydrogens (tertiary/aromatic N) is 3. The Morgan fingerprint density at radius 2 is 1.82 bits per heavy atom. The number of nitro groups is 1. The topological polar surface area (TPSA) is 98.8 Å². The fourth-order valence-corrected chi connectivity index (χ4v) is 3.31. The van der Waals surface area contributed by atoms with E-state index >= 15 is 0 Å². The molecule has 0 aliphatic rings. The van der Waals surface area contributed by atoms with Crippen LogP contribution in [0.25, 0.3) is 5.69 Å². The third kappa shape index (κ3) is 5.03. The van der Waals surface area contributed by atoms with E-state index in [0.717, 1.165) is 29.2 Å². The van der Waals surface area contributed by atoms with Crippen molar-refractivity contribution in [3.05, 3.63) is 86.7 Å². The maximum atomic E-state index is 12.8. The highest BCUT2D eigenvalue weighted by Gasteiger charge is 2.33. The minimum Gasteiger partial charge on any atom is -0.465 e. The van der Waals surface area contributed by atoms with E-state index in [2.05, 4.69) is 10.5 Å². The molecule has 0 saturated heterocycles. The molecule has 0 radical (unpaired) electrons. The number of hydrazone groups is 1. The number of halogens is 3. The van der Waals surface area contributed by atoms with Crippen LogP contribution in [-0.2, 0) is 10.9 Å². The molecule has 172 valence electrons. The molecule has 33 heavy (non-hydrogen) atoms. The molecule has 2 aromatic carbocycles. The number of rotatable bonds is 6. The first-order valence-electron chi connectivity index (χ1n) is 9.55. The molecule has 0 spiro atoms. The van der Waals surface area contributed by atoms with Gasteiger partial charge in [0, 0.05) is 28.7 Å². The van der Waals surface area contributed by atoms with Crippen molar-refractivity contribution < 1.29 is 27.6 Å². The van der Waals surface area contributed by atoms with Crippen molar-refractivity contribution in [3.8, 4) is 5.69 Å². The Hall–Kier alpha value is -4.15. The van der Waals surface area contributed by atoms with Crippen LogP contribution in [0, 0.1) is 24.0 Å². The quantitative estimate of drug-likeness (QED) is 0.234. The Balaban J connectivity index is 1.85. The lowest BCUT2D eigenvalue weighted by Crippen LogP contribution is -2.06. The highest BCUT2D eigenvalue weighted by atomic mass is 19.4. The number of carbonyl (C=O) groups excluding carboxylic acids is 1.